The van der Waals surface area contributed by atoms with Crippen LogP contribution in [0, 0.1) is 5.92 Å². The van der Waals surface area contributed by atoms with Gasteiger partial charge in [0.25, 0.3) is 0 Å². The average Bonchev–Trinajstić information content (AvgIpc) is 2.21. The van der Waals surface area contributed by atoms with E-state index in [0.717, 1.165) is 4.90 Å². The van der Waals surface area contributed by atoms with Crippen LogP contribution in [-0.4, -0.2) is 51.8 Å². The molecule has 0 fully saturated rings. The molecule has 0 bridgehead atoms. The number of amides is 1. The molecule has 6 nitrogen and oxygen atoms in total. The normalized spacial score (nSPS) is 11.9. The molecular weight excluding hydrogens is 234 g/mol. The second kappa shape index (κ2) is 7.10. The van der Waals surface area contributed by atoms with Crippen molar-refractivity contribution in [2.45, 2.75) is 13.3 Å². The summed E-state index contributed by atoms with van der Waals surface area (Å²) in [6.07, 6.45) is -0.266. The summed E-state index contributed by atoms with van der Waals surface area (Å²) in [5.41, 5.74) is 0. The van der Waals surface area contributed by atoms with Gasteiger partial charge in [-0.15, -0.1) is 0 Å². The topological polar surface area (TPSA) is 94.9 Å². The lowest BCUT2D eigenvalue weighted by molar-refractivity contribution is -0.147. The molecule has 7 heteroatoms. The third kappa shape index (κ3) is 5.59. The van der Waals surface area contributed by atoms with Gasteiger partial charge in [0, 0.05) is 18.2 Å². The van der Waals surface area contributed by atoms with Gasteiger partial charge < -0.3 is 15.1 Å². The van der Waals surface area contributed by atoms with Crippen molar-refractivity contribution in [2.24, 2.45) is 5.92 Å². The number of aliphatic carboxylic acids is 2. The first kappa shape index (κ1) is 14.8. The van der Waals surface area contributed by atoms with Crippen molar-refractivity contribution in [3.63, 3.8) is 0 Å². The number of carboxylic acid groups (broad SMARTS) is 2. The van der Waals surface area contributed by atoms with Gasteiger partial charge in [0.15, 0.2) is 0 Å². The lowest BCUT2D eigenvalue weighted by atomic mass is 10.2. The van der Waals surface area contributed by atoms with Crippen LogP contribution in [0.1, 0.15) is 13.3 Å². The highest BCUT2D eigenvalue weighted by molar-refractivity contribution is 7.80. The maximum Gasteiger partial charge on any atom is 0.323 e. The number of hydrogen-bond donors (Lipinski definition) is 3. The highest BCUT2D eigenvalue weighted by Gasteiger charge is 2.21. The lowest BCUT2D eigenvalue weighted by Crippen LogP contribution is -2.40. The highest BCUT2D eigenvalue weighted by Crippen LogP contribution is 2.05. The molecule has 16 heavy (non-hydrogen) atoms. The van der Waals surface area contributed by atoms with Gasteiger partial charge in [-0.25, -0.2) is 0 Å². The van der Waals surface area contributed by atoms with Crippen molar-refractivity contribution >= 4 is 30.5 Å². The molecule has 0 aromatic carbocycles. The first-order valence-corrected chi connectivity index (χ1v) is 5.35. The minimum Gasteiger partial charge on any atom is -0.481 e. The molecule has 0 rings (SSSR count). The Kier molecular flexibility index (Phi) is 6.55. The summed E-state index contributed by atoms with van der Waals surface area (Å²) in [6.45, 7) is 1.04. The summed E-state index contributed by atoms with van der Waals surface area (Å²) in [5, 5.41) is 17.1. The summed E-state index contributed by atoms with van der Waals surface area (Å²) in [4.78, 5) is 33.5. The van der Waals surface area contributed by atoms with E-state index in [1.54, 1.807) is 6.92 Å². The summed E-state index contributed by atoms with van der Waals surface area (Å²) in [6, 6.07) is 0. The van der Waals surface area contributed by atoms with Crippen LogP contribution in [0.25, 0.3) is 0 Å². The monoisotopic (exact) mass is 249 g/mol. The van der Waals surface area contributed by atoms with E-state index in [1.165, 1.54) is 0 Å². The van der Waals surface area contributed by atoms with Gasteiger partial charge in [-0.05, 0) is 0 Å². The molecule has 0 spiro atoms. The van der Waals surface area contributed by atoms with E-state index in [1.807, 2.05) is 0 Å². The van der Waals surface area contributed by atoms with Gasteiger partial charge in [0.2, 0.25) is 5.91 Å². The number of rotatable bonds is 7. The number of hydrogen-bond acceptors (Lipinski definition) is 4. The molecule has 0 aliphatic carbocycles. The zero-order valence-electron chi connectivity index (χ0n) is 8.92. The summed E-state index contributed by atoms with van der Waals surface area (Å²) in [5.74, 6) is -2.75. The van der Waals surface area contributed by atoms with E-state index in [2.05, 4.69) is 12.6 Å². The van der Waals surface area contributed by atoms with Crippen molar-refractivity contribution in [3.8, 4) is 0 Å². The van der Waals surface area contributed by atoms with Gasteiger partial charge in [0.05, 0.1) is 6.42 Å². The quantitative estimate of drug-likeness (QED) is 0.549. The SMILES string of the molecule is CC(CS)C(=O)N(CCC(=O)O)CC(=O)O. The van der Waals surface area contributed by atoms with Gasteiger partial charge in [-0.3, -0.25) is 14.4 Å². The van der Waals surface area contributed by atoms with Gasteiger partial charge in [-0.2, -0.15) is 12.6 Å². The Labute approximate surface area is 98.6 Å². The molecular formula is C9H15NO5S. The Hall–Kier alpha value is -1.24. The molecule has 0 heterocycles. The fourth-order valence-electron chi connectivity index (χ4n) is 1.05. The molecule has 1 unspecified atom stereocenters. The fraction of sp³-hybridized carbons (Fsp3) is 0.667. The van der Waals surface area contributed by atoms with Crippen LogP contribution in [0.5, 0.6) is 0 Å². The van der Waals surface area contributed by atoms with E-state index in [0.29, 0.717) is 5.75 Å². The van der Waals surface area contributed by atoms with Crippen molar-refractivity contribution in [3.05, 3.63) is 0 Å². The number of carbonyl (C=O) groups is 3. The lowest BCUT2D eigenvalue weighted by Gasteiger charge is -2.22. The molecule has 92 valence electrons. The largest absolute Gasteiger partial charge is 0.481 e. The summed E-state index contributed by atoms with van der Waals surface area (Å²) < 4.78 is 0. The molecule has 0 aromatic rings. The van der Waals surface area contributed by atoms with E-state index >= 15 is 0 Å². The Morgan fingerprint density at radius 3 is 2.19 bits per heavy atom. The predicted octanol–water partition coefficient (Wildman–Crippen LogP) is -0.0598. The molecule has 2 N–H and O–H groups in total. The van der Waals surface area contributed by atoms with E-state index in [4.69, 9.17) is 10.2 Å². The van der Waals surface area contributed by atoms with Crippen LogP contribution in [0.2, 0.25) is 0 Å². The third-order valence-corrected chi connectivity index (χ3v) is 2.48. The van der Waals surface area contributed by atoms with Crippen molar-refractivity contribution in [1.29, 1.82) is 0 Å². The third-order valence-electron chi connectivity index (χ3n) is 1.93. The summed E-state index contributed by atoms with van der Waals surface area (Å²) in [7, 11) is 0. The number of carboxylic acids is 2. The van der Waals surface area contributed by atoms with Crippen molar-refractivity contribution < 1.29 is 24.6 Å². The average molecular weight is 249 g/mol. The number of carbonyl (C=O) groups excluding carboxylic acids is 1. The molecule has 0 radical (unpaired) electrons. The van der Waals surface area contributed by atoms with E-state index < -0.39 is 30.3 Å². The molecule has 0 aromatic heterocycles. The molecule has 0 aliphatic rings. The number of nitrogens with zero attached hydrogens (tertiary/aromatic N) is 1. The maximum atomic E-state index is 11.6. The van der Waals surface area contributed by atoms with Crippen LogP contribution in [0.4, 0.5) is 0 Å². The Morgan fingerprint density at radius 1 is 1.25 bits per heavy atom. The van der Waals surface area contributed by atoms with Crippen molar-refractivity contribution in [2.75, 3.05) is 18.8 Å². The van der Waals surface area contributed by atoms with Gasteiger partial charge in [-0.1, -0.05) is 6.92 Å². The second-order valence-electron chi connectivity index (χ2n) is 3.38. The first-order valence-electron chi connectivity index (χ1n) is 4.71. The van der Waals surface area contributed by atoms with E-state index in [-0.39, 0.29) is 13.0 Å². The standard InChI is InChI=1S/C9H15NO5S/c1-6(5-16)9(15)10(4-8(13)14)3-2-7(11)12/h6,16H,2-5H2,1H3,(H,11,12)(H,13,14). The molecule has 1 amide bonds. The maximum absolute atomic E-state index is 11.6. The fourth-order valence-corrected chi connectivity index (χ4v) is 1.21. The zero-order chi connectivity index (χ0) is 12.7. The Morgan fingerprint density at radius 2 is 1.81 bits per heavy atom. The minimum atomic E-state index is -1.16. The molecule has 1 atom stereocenters. The van der Waals surface area contributed by atoms with Crippen LogP contribution in [0.15, 0.2) is 0 Å². The smallest absolute Gasteiger partial charge is 0.323 e. The van der Waals surface area contributed by atoms with Gasteiger partial charge >= 0.3 is 11.9 Å². The van der Waals surface area contributed by atoms with Gasteiger partial charge in [0.1, 0.15) is 6.54 Å². The summed E-state index contributed by atoms with van der Waals surface area (Å²) >= 11 is 3.94. The molecule has 0 saturated carbocycles. The highest BCUT2D eigenvalue weighted by atomic mass is 32.1. The number of thiol groups is 1. The molecule has 0 saturated heterocycles. The van der Waals surface area contributed by atoms with E-state index in [9.17, 15) is 14.4 Å². The zero-order valence-corrected chi connectivity index (χ0v) is 9.81. The van der Waals surface area contributed by atoms with Crippen LogP contribution < -0.4 is 0 Å². The second-order valence-corrected chi connectivity index (χ2v) is 3.75. The Bertz CT molecular complexity index is 281. The Balaban J connectivity index is 4.46. The predicted molar refractivity (Wildman–Crippen MR) is 59.5 cm³/mol. The van der Waals surface area contributed by atoms with Crippen molar-refractivity contribution in [1.82, 2.24) is 4.90 Å². The van der Waals surface area contributed by atoms with Crippen LogP contribution in [0.3, 0.4) is 0 Å². The van der Waals surface area contributed by atoms with Crippen LogP contribution in [-0.2, 0) is 14.4 Å². The minimum absolute atomic E-state index is 0.0986. The first-order chi connectivity index (χ1) is 7.38. The van der Waals surface area contributed by atoms with Crippen LogP contribution >= 0.6 is 12.6 Å². The molecule has 0 aliphatic heterocycles.